The van der Waals surface area contributed by atoms with Crippen molar-refractivity contribution in [1.82, 2.24) is 4.90 Å². The zero-order chi connectivity index (χ0) is 13.4. The smallest absolute Gasteiger partial charge is 0.239 e. The third-order valence-electron chi connectivity index (χ3n) is 3.12. The fourth-order valence-corrected chi connectivity index (χ4v) is 3.24. The van der Waals surface area contributed by atoms with Gasteiger partial charge in [0.15, 0.2) is 0 Å². The normalized spacial score (nSPS) is 20.9. The highest BCUT2D eigenvalue weighted by atomic mass is 32.2. The maximum absolute atomic E-state index is 12.3. The van der Waals surface area contributed by atoms with Crippen LogP contribution in [-0.2, 0) is 14.3 Å². The first kappa shape index (κ1) is 15.8. The van der Waals surface area contributed by atoms with Crippen molar-refractivity contribution >= 4 is 17.7 Å². The fourth-order valence-electron chi connectivity index (χ4n) is 2.01. The van der Waals surface area contributed by atoms with Crippen LogP contribution in [-0.4, -0.2) is 68.4 Å². The third kappa shape index (κ3) is 4.76. The van der Waals surface area contributed by atoms with Crippen LogP contribution < -0.4 is 5.73 Å². The van der Waals surface area contributed by atoms with Crippen LogP contribution in [0.25, 0.3) is 0 Å². The van der Waals surface area contributed by atoms with Gasteiger partial charge in [-0.25, -0.2) is 0 Å². The van der Waals surface area contributed by atoms with Crippen molar-refractivity contribution in [3.05, 3.63) is 0 Å². The van der Waals surface area contributed by atoms with E-state index >= 15 is 0 Å². The number of carbonyl (C=O) groups is 1. The molecule has 1 fully saturated rings. The topological polar surface area (TPSA) is 64.8 Å². The summed E-state index contributed by atoms with van der Waals surface area (Å²) in [7, 11) is 3.27. The molecule has 2 atom stereocenters. The van der Waals surface area contributed by atoms with Crippen LogP contribution in [0, 0.1) is 0 Å². The zero-order valence-corrected chi connectivity index (χ0v) is 12.1. The Bertz CT molecular complexity index is 247. The first-order valence-electron chi connectivity index (χ1n) is 6.32. The van der Waals surface area contributed by atoms with Crippen molar-refractivity contribution in [2.75, 3.05) is 45.5 Å². The Hall–Kier alpha value is -0.300. The van der Waals surface area contributed by atoms with Crippen molar-refractivity contribution < 1.29 is 14.3 Å². The summed E-state index contributed by atoms with van der Waals surface area (Å²) in [6.45, 7) is 1.70. The maximum Gasteiger partial charge on any atom is 0.239 e. The molecule has 1 rings (SSSR count). The molecule has 1 amide bonds. The van der Waals surface area contributed by atoms with Crippen LogP contribution >= 0.6 is 11.8 Å². The predicted molar refractivity (Wildman–Crippen MR) is 73.8 cm³/mol. The zero-order valence-electron chi connectivity index (χ0n) is 11.3. The number of nitrogens with two attached hydrogens (primary N) is 1. The molecule has 0 radical (unpaired) electrons. The molecule has 0 spiro atoms. The Kier molecular flexibility index (Phi) is 7.65. The molecule has 6 heteroatoms. The van der Waals surface area contributed by atoms with Crippen LogP contribution in [0.3, 0.4) is 0 Å². The molecule has 0 aromatic heterocycles. The van der Waals surface area contributed by atoms with Crippen LogP contribution in [0.1, 0.15) is 12.8 Å². The summed E-state index contributed by atoms with van der Waals surface area (Å²) in [4.78, 5) is 14.2. The summed E-state index contributed by atoms with van der Waals surface area (Å²) in [6.07, 6.45) is 1.62. The summed E-state index contributed by atoms with van der Waals surface area (Å²) in [6, 6.07) is -0.154. The van der Waals surface area contributed by atoms with Crippen LogP contribution in [0.4, 0.5) is 0 Å². The van der Waals surface area contributed by atoms with Gasteiger partial charge in [-0.1, -0.05) is 0 Å². The summed E-state index contributed by atoms with van der Waals surface area (Å²) in [5, 5.41) is 0. The van der Waals surface area contributed by atoms with Crippen molar-refractivity contribution in [2.45, 2.75) is 24.9 Å². The lowest BCUT2D eigenvalue weighted by atomic mass is 10.1. The van der Waals surface area contributed by atoms with Gasteiger partial charge >= 0.3 is 0 Å². The van der Waals surface area contributed by atoms with Gasteiger partial charge in [-0.05, 0) is 18.6 Å². The molecule has 0 bridgehead atoms. The van der Waals surface area contributed by atoms with E-state index in [1.807, 2.05) is 16.7 Å². The summed E-state index contributed by atoms with van der Waals surface area (Å²) in [5.41, 5.74) is 5.92. The van der Waals surface area contributed by atoms with Crippen LogP contribution in [0.2, 0.25) is 0 Å². The van der Waals surface area contributed by atoms with Gasteiger partial charge in [0.05, 0.1) is 12.6 Å². The molecule has 0 aromatic rings. The molecule has 2 N–H and O–H groups in total. The highest BCUT2D eigenvalue weighted by Crippen LogP contribution is 2.22. The van der Waals surface area contributed by atoms with E-state index in [4.69, 9.17) is 15.2 Å². The van der Waals surface area contributed by atoms with E-state index in [0.29, 0.717) is 32.2 Å². The largest absolute Gasteiger partial charge is 0.385 e. The second-order valence-electron chi connectivity index (χ2n) is 4.43. The van der Waals surface area contributed by atoms with Gasteiger partial charge in [0.1, 0.15) is 0 Å². The summed E-state index contributed by atoms with van der Waals surface area (Å²) in [5.74, 6) is 2.15. The molecular formula is C12H24N2O3S. The maximum atomic E-state index is 12.3. The minimum atomic E-state index is -0.465. The fraction of sp³-hybridized carbons (Fsp3) is 0.917. The Balaban J connectivity index is 2.53. The van der Waals surface area contributed by atoms with Crippen molar-refractivity contribution in [3.63, 3.8) is 0 Å². The first-order valence-corrected chi connectivity index (χ1v) is 7.47. The monoisotopic (exact) mass is 276 g/mol. The second-order valence-corrected chi connectivity index (χ2v) is 5.58. The number of thioether (sulfide) groups is 1. The molecule has 1 heterocycles. The molecule has 18 heavy (non-hydrogen) atoms. The molecule has 5 nitrogen and oxygen atoms in total. The number of carbonyl (C=O) groups excluding carboxylic acids is 1. The number of ether oxygens (including phenoxy) is 2. The molecule has 0 saturated carbocycles. The molecule has 1 aliphatic rings. The number of hydrogen-bond acceptors (Lipinski definition) is 5. The molecule has 1 aliphatic heterocycles. The van der Waals surface area contributed by atoms with Gasteiger partial charge in [-0.15, -0.1) is 0 Å². The SMILES string of the molecule is COCCC(N)C(=O)N(CCOC)C1CCSC1. The van der Waals surface area contributed by atoms with Crippen molar-refractivity contribution in [3.8, 4) is 0 Å². The van der Waals surface area contributed by atoms with E-state index in [9.17, 15) is 4.79 Å². The lowest BCUT2D eigenvalue weighted by Crippen LogP contribution is -2.50. The van der Waals surface area contributed by atoms with Gasteiger partial charge in [0.2, 0.25) is 5.91 Å². The third-order valence-corrected chi connectivity index (χ3v) is 4.26. The average Bonchev–Trinajstić information content (AvgIpc) is 2.90. The number of hydrogen-bond donors (Lipinski definition) is 1. The van der Waals surface area contributed by atoms with Crippen LogP contribution in [0.5, 0.6) is 0 Å². The lowest BCUT2D eigenvalue weighted by molar-refractivity contribution is -0.135. The summed E-state index contributed by atoms with van der Waals surface area (Å²) < 4.78 is 10.0. The van der Waals surface area contributed by atoms with Crippen molar-refractivity contribution in [2.24, 2.45) is 5.73 Å². The molecule has 1 saturated heterocycles. The molecule has 0 aromatic carbocycles. The van der Waals surface area contributed by atoms with Gasteiger partial charge in [-0.2, -0.15) is 11.8 Å². The molecule has 106 valence electrons. The lowest BCUT2D eigenvalue weighted by Gasteiger charge is -2.30. The van der Waals surface area contributed by atoms with E-state index in [1.54, 1.807) is 14.2 Å². The molecule has 2 unspecified atom stereocenters. The first-order chi connectivity index (χ1) is 8.70. The number of methoxy groups -OCH3 is 2. The Labute approximate surface area is 113 Å². The van der Waals surface area contributed by atoms with Gasteiger partial charge in [0, 0.05) is 39.2 Å². The Morgan fingerprint density at radius 2 is 2.17 bits per heavy atom. The van der Waals surface area contributed by atoms with E-state index in [0.717, 1.165) is 17.9 Å². The summed E-state index contributed by atoms with van der Waals surface area (Å²) >= 11 is 1.89. The van der Waals surface area contributed by atoms with Crippen molar-refractivity contribution in [1.29, 1.82) is 0 Å². The number of rotatable bonds is 8. The Morgan fingerprint density at radius 1 is 1.44 bits per heavy atom. The van der Waals surface area contributed by atoms with Crippen LogP contribution in [0.15, 0.2) is 0 Å². The minimum absolute atomic E-state index is 0.0246. The standard InChI is InChI=1S/C12H24N2O3S/c1-16-6-3-11(13)12(15)14(5-7-17-2)10-4-8-18-9-10/h10-11H,3-9,13H2,1-2H3. The predicted octanol–water partition coefficient (Wildman–Crippen LogP) is 0.331. The van der Waals surface area contributed by atoms with E-state index in [-0.39, 0.29) is 5.91 Å². The number of amides is 1. The van der Waals surface area contributed by atoms with Gasteiger partial charge in [0.25, 0.3) is 0 Å². The molecular weight excluding hydrogens is 252 g/mol. The second kappa shape index (κ2) is 8.74. The van der Waals surface area contributed by atoms with Gasteiger partial charge < -0.3 is 20.1 Å². The Morgan fingerprint density at radius 3 is 2.72 bits per heavy atom. The minimum Gasteiger partial charge on any atom is -0.385 e. The van der Waals surface area contributed by atoms with E-state index in [1.165, 1.54) is 0 Å². The van der Waals surface area contributed by atoms with Gasteiger partial charge in [-0.3, -0.25) is 4.79 Å². The number of nitrogens with zero attached hydrogens (tertiary/aromatic N) is 1. The van der Waals surface area contributed by atoms with E-state index in [2.05, 4.69) is 0 Å². The van der Waals surface area contributed by atoms with E-state index < -0.39 is 6.04 Å². The average molecular weight is 276 g/mol. The highest BCUT2D eigenvalue weighted by molar-refractivity contribution is 7.99. The quantitative estimate of drug-likeness (QED) is 0.692. The molecule has 0 aliphatic carbocycles. The highest BCUT2D eigenvalue weighted by Gasteiger charge is 2.29.